The van der Waals surface area contributed by atoms with E-state index in [2.05, 4.69) is 28.3 Å². The van der Waals surface area contributed by atoms with E-state index in [1.54, 1.807) is 11.3 Å². The van der Waals surface area contributed by atoms with E-state index in [9.17, 15) is 4.79 Å². The Morgan fingerprint density at radius 1 is 1.43 bits per heavy atom. The van der Waals surface area contributed by atoms with Crippen molar-refractivity contribution in [2.24, 2.45) is 0 Å². The summed E-state index contributed by atoms with van der Waals surface area (Å²) in [5.41, 5.74) is 2.55. The zero-order valence-corrected chi connectivity index (χ0v) is 8.99. The van der Waals surface area contributed by atoms with Crippen LogP contribution in [0.15, 0.2) is 10.8 Å². The molecule has 0 aliphatic carbocycles. The van der Waals surface area contributed by atoms with Crippen molar-refractivity contribution in [2.75, 3.05) is 13.1 Å². The summed E-state index contributed by atoms with van der Waals surface area (Å²) >= 11 is 1.70. The molecule has 76 valence electrons. The number of nitrogens with one attached hydrogen (secondary N) is 2. The summed E-state index contributed by atoms with van der Waals surface area (Å²) < 4.78 is 0. The summed E-state index contributed by atoms with van der Waals surface area (Å²) in [5, 5.41) is 10.5. The molecule has 1 aliphatic heterocycles. The first kappa shape index (κ1) is 9.68. The maximum atomic E-state index is 11.4. The van der Waals surface area contributed by atoms with Gasteiger partial charge in [0.1, 0.15) is 0 Å². The third-order valence-corrected chi connectivity index (χ3v) is 3.38. The van der Waals surface area contributed by atoms with Crippen LogP contribution in [0, 0.1) is 6.92 Å². The summed E-state index contributed by atoms with van der Waals surface area (Å²) in [6, 6.07) is 0.198. The predicted octanol–water partition coefficient (Wildman–Crippen LogP) is 1.21. The molecule has 1 fully saturated rings. The Balaban J connectivity index is 2.17. The Hall–Kier alpha value is -0.870. The fourth-order valence-electron chi connectivity index (χ4n) is 1.73. The summed E-state index contributed by atoms with van der Waals surface area (Å²) in [4.78, 5) is 11.4. The quantitative estimate of drug-likeness (QED) is 0.731. The van der Waals surface area contributed by atoms with Crippen LogP contribution < -0.4 is 10.6 Å². The largest absolute Gasteiger partial charge is 0.355 e. The van der Waals surface area contributed by atoms with E-state index < -0.39 is 0 Å². The zero-order chi connectivity index (χ0) is 9.97. The SMILES string of the molecule is Cc1cscc1C1CC(=O)NCCN1. The summed E-state index contributed by atoms with van der Waals surface area (Å²) in [5.74, 6) is 0.144. The number of thiophene rings is 1. The molecule has 2 heterocycles. The lowest BCUT2D eigenvalue weighted by molar-refractivity contribution is -0.121. The zero-order valence-electron chi connectivity index (χ0n) is 8.17. The van der Waals surface area contributed by atoms with Crippen molar-refractivity contribution in [3.8, 4) is 0 Å². The van der Waals surface area contributed by atoms with Crippen LogP contribution in [0.4, 0.5) is 0 Å². The van der Waals surface area contributed by atoms with E-state index in [-0.39, 0.29) is 11.9 Å². The van der Waals surface area contributed by atoms with Crippen molar-refractivity contribution in [3.05, 3.63) is 21.9 Å². The molecule has 1 aliphatic rings. The third kappa shape index (κ3) is 1.96. The van der Waals surface area contributed by atoms with Crippen molar-refractivity contribution in [2.45, 2.75) is 19.4 Å². The molecule has 0 saturated carbocycles. The van der Waals surface area contributed by atoms with Crippen molar-refractivity contribution >= 4 is 17.2 Å². The minimum atomic E-state index is 0.144. The topological polar surface area (TPSA) is 41.1 Å². The van der Waals surface area contributed by atoms with Crippen LogP contribution in [0.5, 0.6) is 0 Å². The van der Waals surface area contributed by atoms with Crippen LogP contribution in [0.1, 0.15) is 23.6 Å². The molecular formula is C10H14N2OS. The van der Waals surface area contributed by atoms with Gasteiger partial charge in [-0.2, -0.15) is 11.3 Å². The van der Waals surface area contributed by atoms with Gasteiger partial charge in [-0.15, -0.1) is 0 Å². The van der Waals surface area contributed by atoms with Crippen LogP contribution in [-0.4, -0.2) is 19.0 Å². The lowest BCUT2D eigenvalue weighted by Crippen LogP contribution is -2.24. The van der Waals surface area contributed by atoms with Gasteiger partial charge < -0.3 is 10.6 Å². The molecule has 4 heteroatoms. The highest BCUT2D eigenvalue weighted by Gasteiger charge is 2.19. The van der Waals surface area contributed by atoms with Gasteiger partial charge in [0.25, 0.3) is 0 Å². The number of hydrogen-bond acceptors (Lipinski definition) is 3. The Morgan fingerprint density at radius 2 is 2.29 bits per heavy atom. The Bertz CT molecular complexity index is 335. The number of carbonyl (C=O) groups is 1. The smallest absolute Gasteiger partial charge is 0.221 e. The fourth-order valence-corrected chi connectivity index (χ4v) is 2.63. The summed E-state index contributed by atoms with van der Waals surface area (Å²) in [7, 11) is 0. The average Bonchev–Trinajstić information content (AvgIpc) is 2.45. The maximum absolute atomic E-state index is 11.4. The van der Waals surface area contributed by atoms with Crippen molar-refractivity contribution in [1.82, 2.24) is 10.6 Å². The lowest BCUT2D eigenvalue weighted by Gasteiger charge is -2.14. The second kappa shape index (κ2) is 4.11. The van der Waals surface area contributed by atoms with Gasteiger partial charge in [0, 0.05) is 25.6 Å². The molecule has 1 saturated heterocycles. The molecule has 1 atom stereocenters. The van der Waals surface area contributed by atoms with E-state index >= 15 is 0 Å². The van der Waals surface area contributed by atoms with Gasteiger partial charge in [-0.25, -0.2) is 0 Å². The van der Waals surface area contributed by atoms with E-state index in [4.69, 9.17) is 0 Å². The van der Waals surface area contributed by atoms with Crippen LogP contribution in [0.3, 0.4) is 0 Å². The molecule has 0 aromatic carbocycles. The van der Waals surface area contributed by atoms with E-state index in [1.807, 2.05) is 0 Å². The molecule has 2 N–H and O–H groups in total. The Morgan fingerprint density at radius 3 is 3.00 bits per heavy atom. The standard InChI is InChI=1S/C10H14N2OS/c1-7-5-14-6-8(7)9-4-10(13)12-3-2-11-9/h5-6,9,11H,2-4H2,1H3,(H,12,13). The minimum Gasteiger partial charge on any atom is -0.355 e. The molecule has 14 heavy (non-hydrogen) atoms. The molecule has 3 nitrogen and oxygen atoms in total. The van der Waals surface area contributed by atoms with Gasteiger partial charge in [0.05, 0.1) is 0 Å². The maximum Gasteiger partial charge on any atom is 0.221 e. The number of amides is 1. The molecular weight excluding hydrogens is 196 g/mol. The van der Waals surface area contributed by atoms with Crippen LogP contribution in [0.25, 0.3) is 0 Å². The highest BCUT2D eigenvalue weighted by Crippen LogP contribution is 2.24. The number of aryl methyl sites for hydroxylation is 1. The van der Waals surface area contributed by atoms with Crippen LogP contribution in [-0.2, 0) is 4.79 Å². The fraction of sp³-hybridized carbons (Fsp3) is 0.500. The average molecular weight is 210 g/mol. The van der Waals surface area contributed by atoms with E-state index in [0.717, 1.165) is 13.1 Å². The molecule has 1 aromatic rings. The highest BCUT2D eigenvalue weighted by molar-refractivity contribution is 7.08. The Kier molecular flexibility index (Phi) is 2.84. The first-order valence-electron chi connectivity index (χ1n) is 4.80. The van der Waals surface area contributed by atoms with Crippen molar-refractivity contribution in [1.29, 1.82) is 0 Å². The third-order valence-electron chi connectivity index (χ3n) is 2.50. The van der Waals surface area contributed by atoms with Crippen molar-refractivity contribution in [3.63, 3.8) is 0 Å². The molecule has 0 spiro atoms. The highest BCUT2D eigenvalue weighted by atomic mass is 32.1. The first-order chi connectivity index (χ1) is 6.77. The van der Waals surface area contributed by atoms with Gasteiger partial charge in [0.15, 0.2) is 0 Å². The van der Waals surface area contributed by atoms with E-state index in [1.165, 1.54) is 11.1 Å². The molecule has 1 amide bonds. The first-order valence-corrected chi connectivity index (χ1v) is 5.74. The lowest BCUT2D eigenvalue weighted by atomic mass is 10.0. The summed E-state index contributed by atoms with van der Waals surface area (Å²) in [6.45, 7) is 3.68. The van der Waals surface area contributed by atoms with Crippen molar-refractivity contribution < 1.29 is 4.79 Å². The second-order valence-electron chi connectivity index (χ2n) is 3.57. The normalized spacial score (nSPS) is 22.9. The van der Waals surface area contributed by atoms with Gasteiger partial charge in [-0.05, 0) is 28.8 Å². The van der Waals surface area contributed by atoms with Gasteiger partial charge in [-0.3, -0.25) is 4.79 Å². The molecule has 0 bridgehead atoms. The molecule has 1 unspecified atom stereocenters. The monoisotopic (exact) mass is 210 g/mol. The number of hydrogen-bond donors (Lipinski definition) is 2. The van der Waals surface area contributed by atoms with Gasteiger partial charge in [0.2, 0.25) is 5.91 Å². The molecule has 2 rings (SSSR count). The minimum absolute atomic E-state index is 0.144. The number of rotatable bonds is 1. The Labute approximate surface area is 87.5 Å². The van der Waals surface area contributed by atoms with E-state index in [0.29, 0.717) is 6.42 Å². The summed E-state index contributed by atoms with van der Waals surface area (Å²) in [6.07, 6.45) is 0.553. The molecule has 0 radical (unpaired) electrons. The molecule has 1 aromatic heterocycles. The van der Waals surface area contributed by atoms with Gasteiger partial charge >= 0.3 is 0 Å². The predicted molar refractivity (Wildman–Crippen MR) is 57.4 cm³/mol. The second-order valence-corrected chi connectivity index (χ2v) is 4.31. The van der Waals surface area contributed by atoms with Crippen LogP contribution in [0.2, 0.25) is 0 Å². The van der Waals surface area contributed by atoms with Crippen LogP contribution >= 0.6 is 11.3 Å². The number of carbonyl (C=O) groups excluding carboxylic acids is 1. The van der Waals surface area contributed by atoms with Gasteiger partial charge in [-0.1, -0.05) is 0 Å².